The van der Waals surface area contributed by atoms with Crippen LogP contribution in [0.2, 0.25) is 0 Å². The third-order valence-corrected chi connectivity index (χ3v) is 10.1. The largest absolute Gasteiger partial charge is 0.299 e. The van der Waals surface area contributed by atoms with Crippen molar-refractivity contribution in [2.45, 2.75) is 5.92 Å². The van der Waals surface area contributed by atoms with Crippen molar-refractivity contribution in [1.29, 1.82) is 0 Å². The molecular formula is C48H29F2N5. The first-order valence-corrected chi connectivity index (χ1v) is 18.0. The predicted octanol–water partition coefficient (Wildman–Crippen LogP) is 11.9. The Kier molecular flexibility index (Phi) is 7.66. The summed E-state index contributed by atoms with van der Waals surface area (Å²) in [5, 5.41) is 1.02. The van der Waals surface area contributed by atoms with Gasteiger partial charge in [-0.05, 0) is 69.8 Å². The summed E-state index contributed by atoms with van der Waals surface area (Å²) >= 11 is 0. The van der Waals surface area contributed by atoms with Gasteiger partial charge in [0.15, 0.2) is 17.5 Å². The minimum Gasteiger partial charge on any atom is -0.255 e. The second kappa shape index (κ2) is 13.0. The van der Waals surface area contributed by atoms with E-state index in [-0.39, 0.29) is 11.1 Å². The number of rotatable bonds is 6. The Balaban J connectivity index is 1.000. The van der Waals surface area contributed by atoms with E-state index in [4.69, 9.17) is 19.9 Å². The van der Waals surface area contributed by atoms with E-state index in [9.17, 15) is 0 Å². The molecule has 0 N–H and O–H groups in total. The lowest BCUT2D eigenvalue weighted by molar-refractivity contribution is 0.0481. The summed E-state index contributed by atoms with van der Waals surface area (Å²) < 4.78 is 33.1. The number of alkyl halides is 2. The molecule has 0 aliphatic heterocycles. The summed E-state index contributed by atoms with van der Waals surface area (Å²) in [7, 11) is 0. The molecule has 6 aromatic carbocycles. The molecule has 3 heterocycles. The van der Waals surface area contributed by atoms with Crippen LogP contribution in [-0.4, -0.2) is 24.9 Å². The molecular weight excluding hydrogens is 685 g/mol. The zero-order valence-electron chi connectivity index (χ0n) is 29.2. The van der Waals surface area contributed by atoms with Crippen LogP contribution in [0, 0.1) is 0 Å². The van der Waals surface area contributed by atoms with Crippen LogP contribution in [-0.2, 0) is 5.92 Å². The Bertz CT molecular complexity index is 2820. The van der Waals surface area contributed by atoms with Crippen LogP contribution >= 0.6 is 0 Å². The Hall–Kier alpha value is -7.25. The van der Waals surface area contributed by atoms with Crippen LogP contribution in [0.15, 0.2) is 176 Å². The number of halogens is 2. The van der Waals surface area contributed by atoms with E-state index in [2.05, 4.69) is 17.1 Å². The van der Waals surface area contributed by atoms with Gasteiger partial charge in [0.2, 0.25) is 0 Å². The van der Waals surface area contributed by atoms with Crippen molar-refractivity contribution in [3.8, 4) is 78.9 Å². The van der Waals surface area contributed by atoms with Crippen molar-refractivity contribution in [3.05, 3.63) is 187 Å². The fraction of sp³-hybridized carbons (Fsp3) is 0.0208. The number of aromatic nitrogens is 5. The fourth-order valence-corrected chi connectivity index (χ4v) is 7.38. The Morgan fingerprint density at radius 3 is 1.53 bits per heavy atom. The maximum atomic E-state index is 16.6. The molecule has 0 unspecified atom stereocenters. The smallest absolute Gasteiger partial charge is 0.255 e. The third kappa shape index (κ3) is 5.74. The van der Waals surface area contributed by atoms with Gasteiger partial charge in [-0.2, -0.15) is 8.78 Å². The van der Waals surface area contributed by atoms with Crippen LogP contribution in [0.1, 0.15) is 11.1 Å². The van der Waals surface area contributed by atoms with Crippen LogP contribution in [0.5, 0.6) is 0 Å². The van der Waals surface area contributed by atoms with Crippen LogP contribution in [0.4, 0.5) is 8.78 Å². The van der Waals surface area contributed by atoms with E-state index in [1.54, 1.807) is 24.4 Å². The summed E-state index contributed by atoms with van der Waals surface area (Å²) in [6.45, 7) is 0. The van der Waals surface area contributed by atoms with Gasteiger partial charge in [0.05, 0.1) is 16.9 Å². The normalized spacial score (nSPS) is 12.7. The lowest BCUT2D eigenvalue weighted by atomic mass is 9.95. The van der Waals surface area contributed by atoms with E-state index >= 15 is 8.78 Å². The SMILES string of the molecule is FC1(F)c2cc(-c3ccc(-c4cc(-c5ccccn5)nc5ccccc45)cc3)ccc2-c2ccc(-c3nc(-c4ccccc4)nc(-c4ccccc4)n3)cc21. The van der Waals surface area contributed by atoms with Crippen molar-refractivity contribution in [2.75, 3.05) is 0 Å². The number of para-hydroxylation sites is 1. The molecule has 0 spiro atoms. The molecule has 55 heavy (non-hydrogen) atoms. The molecule has 0 bridgehead atoms. The van der Waals surface area contributed by atoms with Gasteiger partial charge in [-0.15, -0.1) is 0 Å². The zero-order valence-corrected chi connectivity index (χ0v) is 29.2. The van der Waals surface area contributed by atoms with Gasteiger partial charge in [-0.1, -0.05) is 133 Å². The van der Waals surface area contributed by atoms with E-state index in [1.807, 2.05) is 133 Å². The van der Waals surface area contributed by atoms with Crippen LogP contribution in [0.25, 0.3) is 89.8 Å². The van der Waals surface area contributed by atoms with Crippen molar-refractivity contribution in [1.82, 2.24) is 24.9 Å². The average molecular weight is 714 g/mol. The molecule has 9 aromatic rings. The second-order valence-electron chi connectivity index (χ2n) is 13.5. The summed E-state index contributed by atoms with van der Waals surface area (Å²) in [4.78, 5) is 23.7. The number of pyridine rings is 2. The van der Waals surface area contributed by atoms with Gasteiger partial charge in [-0.3, -0.25) is 4.98 Å². The molecule has 10 rings (SSSR count). The molecule has 0 radical (unpaired) electrons. The highest BCUT2D eigenvalue weighted by atomic mass is 19.3. The third-order valence-electron chi connectivity index (χ3n) is 10.1. The maximum Gasteiger partial charge on any atom is 0.299 e. The average Bonchev–Trinajstić information content (AvgIpc) is 3.48. The lowest BCUT2D eigenvalue weighted by Gasteiger charge is -2.15. The highest BCUT2D eigenvalue weighted by molar-refractivity contribution is 5.97. The molecule has 1 aliphatic rings. The molecule has 0 atom stereocenters. The number of hydrogen-bond donors (Lipinski definition) is 0. The first kappa shape index (κ1) is 32.4. The fourth-order valence-electron chi connectivity index (χ4n) is 7.38. The summed E-state index contributed by atoms with van der Waals surface area (Å²) in [5.41, 5.74) is 9.07. The molecule has 3 aromatic heterocycles. The summed E-state index contributed by atoms with van der Waals surface area (Å²) in [6.07, 6.45) is 1.76. The molecule has 0 amide bonds. The molecule has 0 saturated carbocycles. The number of benzene rings is 6. The number of nitrogens with zero attached hydrogens (tertiary/aromatic N) is 5. The van der Waals surface area contributed by atoms with E-state index < -0.39 is 5.92 Å². The van der Waals surface area contributed by atoms with E-state index in [0.717, 1.165) is 50.1 Å². The predicted molar refractivity (Wildman–Crippen MR) is 214 cm³/mol. The molecule has 0 saturated heterocycles. The number of hydrogen-bond acceptors (Lipinski definition) is 5. The van der Waals surface area contributed by atoms with Gasteiger partial charge in [0.25, 0.3) is 5.92 Å². The topological polar surface area (TPSA) is 64.5 Å². The highest BCUT2D eigenvalue weighted by Crippen LogP contribution is 2.52. The standard InChI is InChI=1S/C48H29F2N5/c49-48(50)40-27-34(30-18-20-31(21-19-30)39-29-44(43-17-9-10-26-51-43)52-42-16-8-7-15-38(39)42)22-24-36(40)37-25-23-35(28-41(37)48)47-54-45(32-11-3-1-4-12-32)53-46(55-47)33-13-5-2-6-14-33/h1-29H. The molecule has 1 aliphatic carbocycles. The minimum absolute atomic E-state index is 0.0213. The Labute approximate surface area is 315 Å². The van der Waals surface area contributed by atoms with E-state index in [0.29, 0.717) is 39.7 Å². The van der Waals surface area contributed by atoms with Crippen molar-refractivity contribution >= 4 is 10.9 Å². The molecule has 260 valence electrons. The van der Waals surface area contributed by atoms with Gasteiger partial charge < -0.3 is 0 Å². The second-order valence-corrected chi connectivity index (χ2v) is 13.5. The van der Waals surface area contributed by atoms with Crippen molar-refractivity contribution in [3.63, 3.8) is 0 Å². The Morgan fingerprint density at radius 1 is 0.364 bits per heavy atom. The van der Waals surface area contributed by atoms with Crippen LogP contribution < -0.4 is 0 Å². The quantitative estimate of drug-likeness (QED) is 0.172. The van der Waals surface area contributed by atoms with Gasteiger partial charge in [-0.25, -0.2) is 19.9 Å². The summed E-state index contributed by atoms with van der Waals surface area (Å²) in [6, 6.07) is 53.6. The van der Waals surface area contributed by atoms with Gasteiger partial charge in [0, 0.05) is 39.4 Å². The summed E-state index contributed by atoms with van der Waals surface area (Å²) in [5.74, 6) is -1.95. The maximum absolute atomic E-state index is 16.6. The monoisotopic (exact) mass is 713 g/mol. The first-order chi connectivity index (χ1) is 27.0. The van der Waals surface area contributed by atoms with Crippen molar-refractivity contribution in [2.24, 2.45) is 0 Å². The Morgan fingerprint density at radius 2 is 0.891 bits per heavy atom. The van der Waals surface area contributed by atoms with Gasteiger partial charge in [0.1, 0.15) is 0 Å². The zero-order chi connectivity index (χ0) is 36.9. The molecule has 0 fully saturated rings. The van der Waals surface area contributed by atoms with Gasteiger partial charge >= 0.3 is 0 Å². The van der Waals surface area contributed by atoms with Crippen molar-refractivity contribution < 1.29 is 8.78 Å². The highest BCUT2D eigenvalue weighted by Gasteiger charge is 2.44. The molecule has 5 nitrogen and oxygen atoms in total. The van der Waals surface area contributed by atoms with Crippen LogP contribution in [0.3, 0.4) is 0 Å². The molecule has 7 heteroatoms. The van der Waals surface area contributed by atoms with E-state index in [1.165, 1.54) is 6.07 Å². The first-order valence-electron chi connectivity index (χ1n) is 18.0. The number of fused-ring (bicyclic) bond motifs is 4. The minimum atomic E-state index is -3.23. The lowest BCUT2D eigenvalue weighted by Crippen LogP contribution is -2.11.